The number of ether oxygens (including phenoxy) is 1. The summed E-state index contributed by atoms with van der Waals surface area (Å²) < 4.78 is 5.49. The summed E-state index contributed by atoms with van der Waals surface area (Å²) in [4.78, 5) is 51.3. The number of amides is 3. The third-order valence-corrected chi connectivity index (χ3v) is 7.21. The van der Waals surface area contributed by atoms with Crippen LogP contribution in [0.4, 0.5) is 21.9 Å². The van der Waals surface area contributed by atoms with Gasteiger partial charge in [-0.1, -0.05) is 54.6 Å². The Morgan fingerprint density at radius 3 is 2.24 bits per heavy atom. The molecule has 0 radical (unpaired) electrons. The molecule has 3 amide bonds. The lowest BCUT2D eigenvalue weighted by atomic mass is 10.0. The fraction of sp³-hybridized carbons (Fsp3) is 0.200. The van der Waals surface area contributed by atoms with Gasteiger partial charge >= 0.3 is 12.0 Å². The van der Waals surface area contributed by atoms with E-state index in [2.05, 4.69) is 16.0 Å². The number of nitrogens with zero attached hydrogens (tertiary/aromatic N) is 1. The van der Waals surface area contributed by atoms with Gasteiger partial charge in [0.15, 0.2) is 5.78 Å². The SMILES string of the molecule is COc1cc(CC(=O)CNc2ccc(C(CC(=O)O)NC(=O)c3ccccc3)cc2)ccc1NC(=O)N(C)c1ccccc1C. The first-order valence-corrected chi connectivity index (χ1v) is 14.3. The van der Waals surface area contributed by atoms with E-state index in [9.17, 15) is 24.3 Å². The van der Waals surface area contributed by atoms with Gasteiger partial charge in [0.25, 0.3) is 5.91 Å². The Morgan fingerprint density at radius 1 is 0.889 bits per heavy atom. The molecule has 0 heterocycles. The minimum Gasteiger partial charge on any atom is -0.495 e. The van der Waals surface area contributed by atoms with Gasteiger partial charge in [-0.2, -0.15) is 0 Å². The third kappa shape index (κ3) is 8.93. The minimum atomic E-state index is -1.04. The van der Waals surface area contributed by atoms with Gasteiger partial charge < -0.3 is 25.8 Å². The topological polar surface area (TPSA) is 137 Å². The quantitative estimate of drug-likeness (QED) is 0.150. The number of carbonyl (C=O) groups is 4. The predicted octanol–water partition coefficient (Wildman–Crippen LogP) is 5.84. The highest BCUT2D eigenvalue weighted by atomic mass is 16.5. The fourth-order valence-electron chi connectivity index (χ4n) is 4.78. The van der Waals surface area contributed by atoms with Crippen LogP contribution >= 0.6 is 0 Å². The number of hydrogen-bond donors (Lipinski definition) is 4. The van der Waals surface area contributed by atoms with Gasteiger partial charge in [-0.05, 0) is 66.1 Å². The monoisotopic (exact) mass is 608 g/mol. The van der Waals surface area contributed by atoms with E-state index < -0.39 is 12.0 Å². The molecule has 45 heavy (non-hydrogen) atoms. The van der Waals surface area contributed by atoms with Crippen molar-refractivity contribution in [3.05, 3.63) is 119 Å². The van der Waals surface area contributed by atoms with Crippen LogP contribution < -0.4 is 25.6 Å². The van der Waals surface area contributed by atoms with Crippen molar-refractivity contribution in [1.29, 1.82) is 0 Å². The van der Waals surface area contributed by atoms with Crippen LogP contribution in [-0.2, 0) is 16.0 Å². The highest BCUT2D eigenvalue weighted by molar-refractivity contribution is 6.02. The van der Waals surface area contributed by atoms with Crippen molar-refractivity contribution in [2.45, 2.75) is 25.8 Å². The Balaban J connectivity index is 1.33. The standard InChI is InChI=1S/C35H36N4O6/c1-23-9-7-8-12-31(23)39(2)35(44)38-29-18-13-24(20-32(29)45-3)19-28(40)22-36-27-16-14-25(15-17-27)30(21-33(41)42)37-34(43)26-10-5-4-6-11-26/h4-18,20,30,36H,19,21-22H2,1-3H3,(H,37,43)(H,38,44)(H,41,42). The number of benzene rings is 4. The number of hydrogen-bond acceptors (Lipinski definition) is 6. The zero-order chi connectivity index (χ0) is 32.3. The maximum atomic E-state index is 12.9. The average molecular weight is 609 g/mol. The minimum absolute atomic E-state index is 0.0602. The van der Waals surface area contributed by atoms with Crippen molar-refractivity contribution < 1.29 is 29.0 Å². The molecule has 232 valence electrons. The van der Waals surface area contributed by atoms with E-state index in [-0.39, 0.29) is 37.1 Å². The molecule has 0 spiro atoms. The van der Waals surface area contributed by atoms with Gasteiger partial charge in [0.1, 0.15) is 5.75 Å². The molecule has 1 unspecified atom stereocenters. The average Bonchev–Trinajstić information content (AvgIpc) is 3.04. The largest absolute Gasteiger partial charge is 0.495 e. The molecule has 0 aliphatic carbocycles. The second-order valence-corrected chi connectivity index (χ2v) is 10.5. The van der Waals surface area contributed by atoms with Crippen LogP contribution in [0.3, 0.4) is 0 Å². The number of carbonyl (C=O) groups excluding carboxylic acids is 3. The smallest absolute Gasteiger partial charge is 0.326 e. The van der Waals surface area contributed by atoms with Crippen LogP contribution in [0.5, 0.6) is 5.75 Å². The first kappa shape index (κ1) is 32.3. The summed E-state index contributed by atoms with van der Waals surface area (Å²) in [6.45, 7) is 1.99. The van der Waals surface area contributed by atoms with Crippen LogP contribution in [-0.4, -0.2) is 49.5 Å². The molecule has 4 aromatic rings. The number of anilines is 3. The highest BCUT2D eigenvalue weighted by Crippen LogP contribution is 2.27. The van der Waals surface area contributed by atoms with E-state index in [1.165, 1.54) is 12.0 Å². The molecule has 0 fully saturated rings. The molecule has 0 aliphatic rings. The molecule has 0 saturated carbocycles. The summed E-state index contributed by atoms with van der Waals surface area (Å²) in [5.41, 5.74) is 4.70. The number of carboxylic acids is 1. The van der Waals surface area contributed by atoms with E-state index in [1.807, 2.05) is 31.2 Å². The number of methoxy groups -OCH3 is 1. The molecule has 10 nitrogen and oxygen atoms in total. The summed E-state index contributed by atoms with van der Waals surface area (Å²) >= 11 is 0. The maximum Gasteiger partial charge on any atom is 0.326 e. The second kappa shape index (κ2) is 15.2. The molecular weight excluding hydrogens is 572 g/mol. The normalized spacial score (nSPS) is 11.2. The summed E-state index contributed by atoms with van der Waals surface area (Å²) in [5.74, 6) is -1.04. The Morgan fingerprint density at radius 2 is 1.58 bits per heavy atom. The van der Waals surface area contributed by atoms with E-state index in [4.69, 9.17) is 4.74 Å². The molecule has 0 bridgehead atoms. The molecule has 4 aromatic carbocycles. The highest BCUT2D eigenvalue weighted by Gasteiger charge is 2.19. The van der Waals surface area contributed by atoms with Crippen LogP contribution in [0, 0.1) is 6.92 Å². The Bertz CT molecular complexity index is 1660. The Hall–Kier alpha value is -5.64. The number of ketones is 1. The number of rotatable bonds is 13. The van der Waals surface area contributed by atoms with Crippen molar-refractivity contribution >= 4 is 40.8 Å². The lowest BCUT2D eigenvalue weighted by Crippen LogP contribution is -2.31. The van der Waals surface area contributed by atoms with Gasteiger partial charge in [-0.3, -0.25) is 19.3 Å². The molecule has 0 saturated heterocycles. The van der Waals surface area contributed by atoms with Crippen molar-refractivity contribution in [2.24, 2.45) is 0 Å². The maximum absolute atomic E-state index is 12.9. The third-order valence-electron chi connectivity index (χ3n) is 7.21. The predicted molar refractivity (Wildman–Crippen MR) is 174 cm³/mol. The van der Waals surface area contributed by atoms with Crippen LogP contribution in [0.15, 0.2) is 97.1 Å². The first-order chi connectivity index (χ1) is 21.6. The van der Waals surface area contributed by atoms with Gasteiger partial charge in [0.05, 0.1) is 31.8 Å². The Kier molecular flexibility index (Phi) is 10.9. The summed E-state index contributed by atoms with van der Waals surface area (Å²) in [5, 5.41) is 18.1. The van der Waals surface area contributed by atoms with Crippen molar-refractivity contribution in [3.63, 3.8) is 0 Å². The number of urea groups is 1. The summed E-state index contributed by atoms with van der Waals surface area (Å²) in [6, 6.07) is 27.2. The number of Topliss-reactive ketones (excluding diaryl/α,β-unsaturated/α-hetero) is 1. The van der Waals surface area contributed by atoms with Gasteiger partial charge in [0, 0.05) is 30.4 Å². The van der Waals surface area contributed by atoms with Gasteiger partial charge in [0.2, 0.25) is 0 Å². The van der Waals surface area contributed by atoms with Crippen molar-refractivity contribution in [3.8, 4) is 5.75 Å². The summed E-state index contributed by atoms with van der Waals surface area (Å²) in [7, 11) is 3.19. The van der Waals surface area contributed by atoms with Crippen molar-refractivity contribution in [1.82, 2.24) is 5.32 Å². The van der Waals surface area contributed by atoms with Crippen LogP contribution in [0.25, 0.3) is 0 Å². The molecular formula is C35H36N4O6. The molecule has 0 aromatic heterocycles. The molecule has 4 N–H and O–H groups in total. The van der Waals surface area contributed by atoms with Gasteiger partial charge in [-0.25, -0.2) is 4.79 Å². The second-order valence-electron chi connectivity index (χ2n) is 10.5. The lowest BCUT2D eigenvalue weighted by Gasteiger charge is -2.21. The molecule has 4 rings (SSSR count). The number of para-hydroxylation sites is 1. The zero-order valence-electron chi connectivity index (χ0n) is 25.4. The van der Waals surface area contributed by atoms with E-state index in [1.54, 1.807) is 79.8 Å². The molecule has 0 aliphatic heterocycles. The lowest BCUT2D eigenvalue weighted by molar-refractivity contribution is -0.137. The first-order valence-electron chi connectivity index (χ1n) is 14.3. The van der Waals surface area contributed by atoms with E-state index in [0.29, 0.717) is 28.3 Å². The van der Waals surface area contributed by atoms with E-state index in [0.717, 1.165) is 16.8 Å². The number of aliphatic carboxylic acids is 1. The molecule has 10 heteroatoms. The van der Waals surface area contributed by atoms with Crippen LogP contribution in [0.1, 0.15) is 39.5 Å². The zero-order valence-corrected chi connectivity index (χ0v) is 25.4. The number of nitrogens with one attached hydrogen (secondary N) is 3. The van der Waals surface area contributed by atoms with E-state index >= 15 is 0 Å². The van der Waals surface area contributed by atoms with Gasteiger partial charge in [-0.15, -0.1) is 0 Å². The van der Waals surface area contributed by atoms with Crippen molar-refractivity contribution in [2.75, 3.05) is 36.2 Å². The Labute approximate surface area is 262 Å². The number of aryl methyl sites for hydroxylation is 1. The summed E-state index contributed by atoms with van der Waals surface area (Å²) in [6.07, 6.45) is -0.135. The fourth-order valence-corrected chi connectivity index (χ4v) is 4.78. The van der Waals surface area contributed by atoms with Crippen LogP contribution in [0.2, 0.25) is 0 Å². The molecule has 1 atom stereocenters. The number of carboxylic acid groups (broad SMARTS) is 1.